The lowest BCUT2D eigenvalue weighted by Crippen LogP contribution is -2.24. The van der Waals surface area contributed by atoms with Crippen molar-refractivity contribution in [3.8, 4) is 0 Å². The molecule has 0 amide bonds. The lowest BCUT2D eigenvalue weighted by molar-refractivity contribution is -0.149. The number of alkyl halides is 3. The number of benzene rings is 1. The smallest absolute Gasteiger partial charge is 0.454 e. The van der Waals surface area contributed by atoms with Gasteiger partial charge in [0.1, 0.15) is 6.10 Å². The first-order valence-corrected chi connectivity index (χ1v) is 7.83. The van der Waals surface area contributed by atoms with E-state index in [1.807, 2.05) is 0 Å². The molecule has 0 spiro atoms. The molecule has 0 bridgehead atoms. The van der Waals surface area contributed by atoms with Crippen LogP contribution in [0.15, 0.2) is 36.9 Å². The number of rotatable bonds is 5. The molecule has 1 saturated carbocycles. The van der Waals surface area contributed by atoms with Crippen LogP contribution in [0.5, 0.6) is 0 Å². The van der Waals surface area contributed by atoms with Crippen LogP contribution >= 0.6 is 0 Å². The molecule has 1 aromatic rings. The largest absolute Gasteiger partial charge is 0.462 e. The third-order valence-electron chi connectivity index (χ3n) is 4.19. The molecule has 6 heteroatoms. The van der Waals surface area contributed by atoms with E-state index in [0.29, 0.717) is 0 Å². The van der Waals surface area contributed by atoms with Crippen LogP contribution in [0.3, 0.4) is 0 Å². The van der Waals surface area contributed by atoms with Crippen molar-refractivity contribution in [2.75, 3.05) is 0 Å². The molecule has 1 aliphatic carbocycles. The van der Waals surface area contributed by atoms with Crippen LogP contribution in [0, 0.1) is 0 Å². The Bertz CT molecular complexity index is 597. The number of Topliss-reactive ketones (excluding diaryl/α,β-unsaturated/α-hetero) is 1. The standard InChI is InChI=1S/C18H19F3O3/c1-2-3-16(22)24-15-10-8-13(9-11-15)12-4-6-14(7-5-12)17(23)18(19,20)21/h2,4-7,13,15H,1,3,8-11H2. The molecule has 3 nitrogen and oxygen atoms in total. The highest BCUT2D eigenvalue weighted by atomic mass is 19.4. The first-order valence-electron chi connectivity index (χ1n) is 7.83. The van der Waals surface area contributed by atoms with Crippen LogP contribution in [-0.2, 0) is 9.53 Å². The second kappa shape index (κ2) is 7.64. The maximum Gasteiger partial charge on any atom is 0.454 e. The Balaban J connectivity index is 1.91. The minimum absolute atomic E-state index is 0.111. The zero-order chi connectivity index (χ0) is 17.7. The van der Waals surface area contributed by atoms with E-state index in [2.05, 4.69) is 6.58 Å². The van der Waals surface area contributed by atoms with Gasteiger partial charge in [0.2, 0.25) is 0 Å². The van der Waals surface area contributed by atoms with E-state index in [9.17, 15) is 22.8 Å². The van der Waals surface area contributed by atoms with Crippen molar-refractivity contribution in [1.29, 1.82) is 0 Å². The average Bonchev–Trinajstić information content (AvgIpc) is 2.54. The summed E-state index contributed by atoms with van der Waals surface area (Å²) in [4.78, 5) is 22.6. The summed E-state index contributed by atoms with van der Waals surface area (Å²) >= 11 is 0. The molecular weight excluding hydrogens is 321 g/mol. The van der Waals surface area contributed by atoms with E-state index in [1.54, 1.807) is 12.1 Å². The molecular formula is C18H19F3O3. The molecule has 0 N–H and O–H groups in total. The van der Waals surface area contributed by atoms with Gasteiger partial charge in [-0.1, -0.05) is 30.3 Å². The van der Waals surface area contributed by atoms with Crippen molar-refractivity contribution < 1.29 is 27.5 Å². The zero-order valence-corrected chi connectivity index (χ0v) is 13.1. The number of carbonyl (C=O) groups is 2. The maximum atomic E-state index is 12.4. The highest BCUT2D eigenvalue weighted by molar-refractivity contribution is 6.00. The quantitative estimate of drug-likeness (QED) is 0.448. The molecule has 2 rings (SSSR count). The van der Waals surface area contributed by atoms with Gasteiger partial charge in [0.25, 0.3) is 5.78 Å². The Morgan fingerprint density at radius 2 is 1.71 bits per heavy atom. The fourth-order valence-corrected chi connectivity index (χ4v) is 2.94. The van der Waals surface area contributed by atoms with Crippen LogP contribution in [0.1, 0.15) is 53.9 Å². The van der Waals surface area contributed by atoms with E-state index in [0.717, 1.165) is 31.2 Å². The second-order valence-corrected chi connectivity index (χ2v) is 5.91. The zero-order valence-electron chi connectivity index (χ0n) is 13.1. The molecule has 1 fully saturated rings. The maximum absolute atomic E-state index is 12.4. The highest BCUT2D eigenvalue weighted by Gasteiger charge is 2.39. The molecule has 130 valence electrons. The van der Waals surface area contributed by atoms with Crippen molar-refractivity contribution in [2.45, 2.75) is 50.3 Å². The second-order valence-electron chi connectivity index (χ2n) is 5.91. The SMILES string of the molecule is C=CCC(=O)OC1CCC(c2ccc(C(=O)C(F)(F)F)cc2)CC1. The fourth-order valence-electron chi connectivity index (χ4n) is 2.94. The van der Waals surface area contributed by atoms with Gasteiger partial charge in [0.15, 0.2) is 0 Å². The minimum Gasteiger partial charge on any atom is -0.462 e. The number of halogens is 3. The number of hydrogen-bond donors (Lipinski definition) is 0. The number of carbonyl (C=O) groups excluding carboxylic acids is 2. The minimum atomic E-state index is -4.85. The summed E-state index contributed by atoms with van der Waals surface area (Å²) < 4.78 is 42.5. The van der Waals surface area contributed by atoms with Crippen molar-refractivity contribution in [3.63, 3.8) is 0 Å². The summed E-state index contributed by atoms with van der Waals surface area (Å²) in [5.41, 5.74) is 0.558. The number of hydrogen-bond acceptors (Lipinski definition) is 3. The van der Waals surface area contributed by atoms with Crippen molar-refractivity contribution in [1.82, 2.24) is 0 Å². The summed E-state index contributed by atoms with van der Waals surface area (Å²) in [5.74, 6) is -1.91. The monoisotopic (exact) mass is 340 g/mol. The molecule has 1 aliphatic rings. The third-order valence-corrected chi connectivity index (χ3v) is 4.19. The molecule has 0 radical (unpaired) electrons. The Labute approximate surface area is 138 Å². The predicted molar refractivity (Wildman–Crippen MR) is 82.7 cm³/mol. The van der Waals surface area contributed by atoms with Crippen LogP contribution in [-0.4, -0.2) is 24.0 Å². The van der Waals surface area contributed by atoms with Crippen LogP contribution < -0.4 is 0 Å². The van der Waals surface area contributed by atoms with Crippen LogP contribution in [0.25, 0.3) is 0 Å². The van der Waals surface area contributed by atoms with Gasteiger partial charge >= 0.3 is 12.1 Å². The van der Waals surface area contributed by atoms with E-state index in [1.165, 1.54) is 18.2 Å². The molecule has 0 atom stereocenters. The molecule has 0 aromatic heterocycles. The predicted octanol–water partition coefficient (Wildman–Crippen LogP) is 4.58. The number of esters is 1. The first-order chi connectivity index (χ1) is 11.3. The summed E-state index contributed by atoms with van der Waals surface area (Å²) in [7, 11) is 0. The van der Waals surface area contributed by atoms with Gasteiger partial charge in [-0.15, -0.1) is 6.58 Å². The number of ether oxygens (including phenoxy) is 1. The van der Waals surface area contributed by atoms with Crippen LogP contribution in [0.2, 0.25) is 0 Å². The van der Waals surface area contributed by atoms with E-state index >= 15 is 0 Å². The Hall–Kier alpha value is -2.11. The average molecular weight is 340 g/mol. The van der Waals surface area contributed by atoms with Crippen molar-refractivity contribution in [2.24, 2.45) is 0 Å². The van der Waals surface area contributed by atoms with Gasteiger partial charge in [-0.3, -0.25) is 9.59 Å². The summed E-state index contributed by atoms with van der Waals surface area (Å²) in [6.07, 6.45) is -0.258. The van der Waals surface area contributed by atoms with Gasteiger partial charge in [-0.25, -0.2) is 0 Å². The summed E-state index contributed by atoms with van der Waals surface area (Å²) in [5, 5.41) is 0. The topological polar surface area (TPSA) is 43.4 Å². The lowest BCUT2D eigenvalue weighted by Gasteiger charge is -2.28. The fraction of sp³-hybridized carbons (Fsp3) is 0.444. The van der Waals surface area contributed by atoms with Crippen molar-refractivity contribution >= 4 is 11.8 Å². The van der Waals surface area contributed by atoms with E-state index in [4.69, 9.17) is 4.74 Å². The molecule has 0 heterocycles. The Morgan fingerprint density at radius 3 is 2.21 bits per heavy atom. The van der Waals surface area contributed by atoms with Gasteiger partial charge in [0.05, 0.1) is 6.42 Å². The molecule has 24 heavy (non-hydrogen) atoms. The Morgan fingerprint density at radius 1 is 1.12 bits per heavy atom. The van der Waals surface area contributed by atoms with Crippen molar-refractivity contribution in [3.05, 3.63) is 48.0 Å². The molecule has 0 unspecified atom stereocenters. The van der Waals surface area contributed by atoms with Gasteiger partial charge < -0.3 is 4.74 Å². The normalized spacial score (nSPS) is 21.1. The molecule has 0 aliphatic heterocycles. The third kappa shape index (κ3) is 4.69. The van der Waals surface area contributed by atoms with E-state index < -0.39 is 12.0 Å². The first kappa shape index (κ1) is 18.2. The lowest BCUT2D eigenvalue weighted by atomic mass is 9.82. The van der Waals surface area contributed by atoms with Gasteiger partial charge in [-0.05, 0) is 37.2 Å². The highest BCUT2D eigenvalue weighted by Crippen LogP contribution is 2.34. The molecule has 0 saturated heterocycles. The Kier molecular flexibility index (Phi) is 5.80. The number of ketones is 1. The van der Waals surface area contributed by atoms with E-state index in [-0.39, 0.29) is 30.0 Å². The van der Waals surface area contributed by atoms with Gasteiger partial charge in [-0.2, -0.15) is 13.2 Å². The van der Waals surface area contributed by atoms with Gasteiger partial charge in [0, 0.05) is 5.56 Å². The summed E-state index contributed by atoms with van der Waals surface area (Å²) in [6, 6.07) is 5.60. The summed E-state index contributed by atoms with van der Waals surface area (Å²) in [6.45, 7) is 3.48. The molecule has 1 aromatic carbocycles. The van der Waals surface area contributed by atoms with Crippen LogP contribution in [0.4, 0.5) is 13.2 Å².